The molecule has 0 heterocycles. The van der Waals surface area contributed by atoms with Gasteiger partial charge in [0.1, 0.15) is 0 Å². The topological polar surface area (TPSA) is 84.4 Å². The van der Waals surface area contributed by atoms with E-state index in [9.17, 15) is 4.57 Å². The van der Waals surface area contributed by atoms with Gasteiger partial charge in [-0.15, -0.1) is 0 Å². The molecule has 5 N–H and O–H groups in total. The third-order valence-electron chi connectivity index (χ3n) is 1.68. The van der Waals surface area contributed by atoms with Gasteiger partial charge in [0.05, 0.1) is 0 Å². The van der Waals surface area contributed by atoms with Crippen molar-refractivity contribution in [1.82, 2.24) is 9.99 Å². The number of nitrogens with two attached hydrogens (primary N) is 2. The number of nitrogens with one attached hydrogen (secondary N) is 1. The minimum Gasteiger partial charge on any atom is -0.303 e. The Morgan fingerprint density at radius 1 is 1.33 bits per heavy atom. The zero-order chi connectivity index (χ0) is 9.61. The smallest absolute Gasteiger partial charge is 0.273 e. The molecule has 0 aromatic rings. The van der Waals surface area contributed by atoms with Gasteiger partial charge >= 0.3 is 0 Å². The molecule has 0 unspecified atom stereocenters. The van der Waals surface area contributed by atoms with Crippen LogP contribution in [0.1, 0.15) is 13.8 Å². The Kier molecular flexibility index (Phi) is 5.70. The Bertz CT molecular complexity index is 154. The van der Waals surface area contributed by atoms with Crippen LogP contribution in [0.25, 0.3) is 0 Å². The maximum atomic E-state index is 10.8. The van der Waals surface area contributed by atoms with Crippen molar-refractivity contribution in [2.45, 2.75) is 13.8 Å². The Labute approximate surface area is 74.0 Å². The van der Waals surface area contributed by atoms with Crippen molar-refractivity contribution < 1.29 is 4.57 Å². The summed E-state index contributed by atoms with van der Waals surface area (Å²) in [5.74, 6) is 0. The van der Waals surface area contributed by atoms with E-state index >= 15 is 0 Å². The van der Waals surface area contributed by atoms with Gasteiger partial charge in [0.2, 0.25) is 0 Å². The molecule has 0 saturated heterocycles. The van der Waals surface area contributed by atoms with Crippen molar-refractivity contribution in [3.63, 3.8) is 0 Å². The highest BCUT2D eigenvalue weighted by Gasteiger charge is 2.06. The lowest BCUT2D eigenvalue weighted by Crippen LogP contribution is -2.33. The maximum absolute atomic E-state index is 10.8. The van der Waals surface area contributed by atoms with Crippen molar-refractivity contribution in [3.8, 4) is 0 Å². The Morgan fingerprint density at radius 2 is 1.83 bits per heavy atom. The fourth-order valence-electron chi connectivity index (χ4n) is 0.923. The van der Waals surface area contributed by atoms with E-state index in [0.717, 1.165) is 19.6 Å². The summed E-state index contributed by atoms with van der Waals surface area (Å²) in [4.78, 5) is 2.20. The molecule has 0 rings (SSSR count). The third-order valence-corrected chi connectivity index (χ3v) is 2.40. The zero-order valence-electron chi connectivity index (χ0n) is 7.79. The molecule has 5 nitrogen and oxygen atoms in total. The zero-order valence-corrected chi connectivity index (χ0v) is 8.68. The normalized spacial score (nSPS) is 12.4. The van der Waals surface area contributed by atoms with Gasteiger partial charge in [-0.2, -0.15) is 0 Å². The van der Waals surface area contributed by atoms with Crippen LogP contribution in [-0.2, 0) is 4.57 Å². The molecule has 0 fully saturated rings. The fourth-order valence-corrected chi connectivity index (χ4v) is 1.37. The van der Waals surface area contributed by atoms with Crippen LogP contribution in [0.15, 0.2) is 0 Å². The van der Waals surface area contributed by atoms with E-state index < -0.39 is 7.59 Å². The van der Waals surface area contributed by atoms with E-state index in [1.54, 1.807) is 0 Å². The quantitative estimate of drug-likeness (QED) is 0.516. The van der Waals surface area contributed by atoms with Crippen LogP contribution < -0.4 is 16.1 Å². The van der Waals surface area contributed by atoms with Crippen molar-refractivity contribution in [2.75, 3.05) is 26.2 Å². The molecule has 0 aromatic heterocycles. The average Bonchev–Trinajstić information content (AvgIpc) is 1.96. The van der Waals surface area contributed by atoms with E-state index in [0.29, 0.717) is 6.54 Å². The summed E-state index contributed by atoms with van der Waals surface area (Å²) in [5.41, 5.74) is 10.2. The van der Waals surface area contributed by atoms with Crippen molar-refractivity contribution in [3.05, 3.63) is 0 Å². The molecule has 0 atom stereocenters. The predicted octanol–water partition coefficient (Wildman–Crippen LogP) is -0.0567. The molecule has 0 spiro atoms. The van der Waals surface area contributed by atoms with Gasteiger partial charge in [-0.25, -0.2) is 5.09 Å². The largest absolute Gasteiger partial charge is 0.303 e. The third kappa shape index (κ3) is 6.76. The highest BCUT2D eigenvalue weighted by molar-refractivity contribution is 7.56. The van der Waals surface area contributed by atoms with Gasteiger partial charge in [0.25, 0.3) is 7.59 Å². The molecule has 12 heavy (non-hydrogen) atoms. The Morgan fingerprint density at radius 3 is 2.17 bits per heavy atom. The highest BCUT2D eigenvalue weighted by atomic mass is 31.2. The molecule has 0 aliphatic heterocycles. The first-order valence-corrected chi connectivity index (χ1v) is 5.98. The van der Waals surface area contributed by atoms with E-state index in [1.807, 2.05) is 0 Å². The molecule has 6 heteroatoms. The van der Waals surface area contributed by atoms with Gasteiger partial charge in [-0.1, -0.05) is 13.8 Å². The molecule has 0 saturated carbocycles. The van der Waals surface area contributed by atoms with Gasteiger partial charge in [0, 0.05) is 13.1 Å². The van der Waals surface area contributed by atoms with Gasteiger partial charge in [0.15, 0.2) is 0 Å². The monoisotopic (exact) mass is 194 g/mol. The molecule has 0 bridgehead atoms. The molecule has 0 aliphatic rings. The van der Waals surface area contributed by atoms with Gasteiger partial charge in [-0.05, 0) is 13.1 Å². The lowest BCUT2D eigenvalue weighted by atomic mass is 10.5. The van der Waals surface area contributed by atoms with Crippen LogP contribution in [0, 0.1) is 0 Å². The van der Waals surface area contributed by atoms with E-state index in [1.165, 1.54) is 0 Å². The summed E-state index contributed by atoms with van der Waals surface area (Å²) in [7, 11) is -3.02. The van der Waals surface area contributed by atoms with Crippen LogP contribution in [0.3, 0.4) is 0 Å². The van der Waals surface area contributed by atoms with Crippen molar-refractivity contribution >= 4 is 7.59 Å². The van der Waals surface area contributed by atoms with Gasteiger partial charge < -0.3 is 4.90 Å². The lowest BCUT2D eigenvalue weighted by molar-refractivity contribution is 0.309. The highest BCUT2D eigenvalue weighted by Crippen LogP contribution is 2.15. The lowest BCUT2D eigenvalue weighted by Gasteiger charge is -2.18. The second-order valence-electron chi connectivity index (χ2n) is 2.64. The summed E-state index contributed by atoms with van der Waals surface area (Å²) in [5, 5.41) is 2.59. The van der Waals surface area contributed by atoms with Crippen LogP contribution in [0.5, 0.6) is 0 Å². The van der Waals surface area contributed by atoms with Crippen LogP contribution in [0.2, 0.25) is 0 Å². The van der Waals surface area contributed by atoms with Crippen molar-refractivity contribution in [2.24, 2.45) is 11.0 Å². The average molecular weight is 194 g/mol. The molecule has 0 aromatic carbocycles. The Hall–Kier alpha value is 0.0700. The first-order valence-electron chi connectivity index (χ1n) is 4.14. The fraction of sp³-hybridized carbons (Fsp3) is 1.00. The number of hydrogen-bond acceptors (Lipinski definition) is 2. The molecule has 0 amide bonds. The number of nitrogens with zero attached hydrogens (tertiary/aromatic N) is 1. The first kappa shape index (κ1) is 12.1. The SMILES string of the molecule is CCN(CC)CCNP(N)(N)=O. The minimum atomic E-state index is -3.02. The standard InChI is InChI=1S/C6H19N4OP/c1-3-10(4-2)6-5-9-12(7,8)11/h3-6H2,1-2H3,(H5,7,8,9,11). The van der Waals surface area contributed by atoms with Crippen LogP contribution in [0.4, 0.5) is 0 Å². The maximum Gasteiger partial charge on any atom is 0.273 e. The van der Waals surface area contributed by atoms with E-state index in [2.05, 4.69) is 23.8 Å². The second kappa shape index (κ2) is 5.67. The summed E-state index contributed by atoms with van der Waals surface area (Å²) in [6.45, 7) is 7.52. The number of likely N-dealkylation sites (N-methyl/N-ethyl adjacent to an activating group) is 1. The van der Waals surface area contributed by atoms with Crippen LogP contribution >= 0.6 is 7.59 Å². The number of hydrogen-bond donors (Lipinski definition) is 3. The minimum absolute atomic E-state index is 0.575. The molecular formula is C6H19N4OP. The molecular weight excluding hydrogens is 175 g/mol. The Balaban J connectivity index is 3.48. The van der Waals surface area contributed by atoms with E-state index in [-0.39, 0.29) is 0 Å². The summed E-state index contributed by atoms with van der Waals surface area (Å²) in [6.07, 6.45) is 0. The summed E-state index contributed by atoms with van der Waals surface area (Å²) < 4.78 is 10.8. The second-order valence-corrected chi connectivity index (χ2v) is 4.38. The van der Waals surface area contributed by atoms with Crippen molar-refractivity contribution in [1.29, 1.82) is 0 Å². The van der Waals surface area contributed by atoms with Crippen LogP contribution in [-0.4, -0.2) is 31.1 Å². The predicted molar refractivity (Wildman–Crippen MR) is 51.8 cm³/mol. The first-order chi connectivity index (χ1) is 5.49. The summed E-state index contributed by atoms with van der Waals surface area (Å²) in [6, 6.07) is 0. The van der Waals surface area contributed by atoms with Gasteiger partial charge in [-0.3, -0.25) is 15.6 Å². The number of rotatable bonds is 6. The summed E-state index contributed by atoms with van der Waals surface area (Å²) >= 11 is 0. The molecule has 74 valence electrons. The van der Waals surface area contributed by atoms with E-state index in [4.69, 9.17) is 11.0 Å². The molecule has 0 aliphatic carbocycles. The molecule has 0 radical (unpaired) electrons.